The van der Waals surface area contributed by atoms with E-state index in [9.17, 15) is 27.9 Å². The summed E-state index contributed by atoms with van der Waals surface area (Å²) in [7, 11) is 1.26. The van der Waals surface area contributed by atoms with Gasteiger partial charge in [0.05, 0.1) is 25.7 Å². The number of hydrogen-bond donors (Lipinski definition) is 1. The number of benzene rings is 1. The number of esters is 1. The number of pyridine rings is 1. The normalized spacial score (nSPS) is 11.2. The van der Waals surface area contributed by atoms with Gasteiger partial charge in [0, 0.05) is 24.1 Å². The van der Waals surface area contributed by atoms with E-state index >= 15 is 0 Å². The quantitative estimate of drug-likeness (QED) is 0.523. The van der Waals surface area contributed by atoms with Crippen LogP contribution in [0.3, 0.4) is 0 Å². The lowest BCUT2D eigenvalue weighted by molar-refractivity contribution is -0.143. The second kappa shape index (κ2) is 9.40. The molecule has 0 amide bonds. The fourth-order valence-electron chi connectivity index (χ4n) is 2.75. The number of alkyl halides is 3. The second-order valence-electron chi connectivity index (χ2n) is 6.06. The maximum absolute atomic E-state index is 13.4. The number of carbonyl (C=O) groups is 2. The molecule has 0 bridgehead atoms. The Bertz CT molecular complexity index is 896. The molecule has 29 heavy (non-hydrogen) atoms. The molecule has 2 rings (SSSR count). The highest BCUT2D eigenvalue weighted by Gasteiger charge is 2.34. The minimum absolute atomic E-state index is 0.0323. The molecule has 0 aliphatic rings. The van der Waals surface area contributed by atoms with Crippen LogP contribution in [-0.2, 0) is 22.1 Å². The van der Waals surface area contributed by atoms with Crippen molar-refractivity contribution < 1.29 is 37.3 Å². The van der Waals surface area contributed by atoms with Gasteiger partial charge >= 0.3 is 12.1 Å². The van der Waals surface area contributed by atoms with Crippen LogP contribution in [0, 0.1) is 0 Å². The van der Waals surface area contributed by atoms with Gasteiger partial charge < -0.3 is 14.6 Å². The highest BCUT2D eigenvalue weighted by atomic mass is 19.4. The first-order chi connectivity index (χ1) is 13.7. The van der Waals surface area contributed by atoms with Crippen LogP contribution >= 0.6 is 0 Å². The van der Waals surface area contributed by atoms with Gasteiger partial charge in [-0.3, -0.25) is 9.59 Å². The number of carbonyl (C=O) groups excluding carboxylic acids is 2. The Balaban J connectivity index is 2.31. The van der Waals surface area contributed by atoms with E-state index in [1.165, 1.54) is 31.4 Å². The average Bonchev–Trinajstić information content (AvgIpc) is 2.67. The Morgan fingerprint density at radius 2 is 1.86 bits per heavy atom. The standard InChI is InChI=1S/C20H20F3NO5/c1-3-29-18(27)10-9-16(26)19-15(25)8-7-12(24-19)11-13-14(20(21,22)23)5-4-6-17(13)28-2/h4-8,25H,3,9-11H2,1-2H3. The molecule has 0 saturated heterocycles. The molecule has 0 atom stereocenters. The minimum Gasteiger partial charge on any atom is -0.506 e. The van der Waals surface area contributed by atoms with Crippen LogP contribution in [0.5, 0.6) is 11.5 Å². The van der Waals surface area contributed by atoms with Crippen LogP contribution < -0.4 is 4.74 Å². The van der Waals surface area contributed by atoms with E-state index in [-0.39, 0.29) is 48.6 Å². The summed E-state index contributed by atoms with van der Waals surface area (Å²) in [4.78, 5) is 27.7. The number of Topliss-reactive ketones (excluding diaryl/α,β-unsaturated/α-hetero) is 1. The van der Waals surface area contributed by atoms with Gasteiger partial charge in [-0.1, -0.05) is 6.07 Å². The van der Waals surface area contributed by atoms with E-state index in [4.69, 9.17) is 9.47 Å². The fourth-order valence-corrected chi connectivity index (χ4v) is 2.75. The molecule has 1 aromatic carbocycles. The van der Waals surface area contributed by atoms with Crippen molar-refractivity contribution in [1.82, 2.24) is 4.98 Å². The molecule has 0 saturated carbocycles. The highest BCUT2D eigenvalue weighted by molar-refractivity contribution is 5.98. The Morgan fingerprint density at radius 1 is 1.14 bits per heavy atom. The van der Waals surface area contributed by atoms with E-state index in [0.717, 1.165) is 6.07 Å². The monoisotopic (exact) mass is 411 g/mol. The van der Waals surface area contributed by atoms with Crippen molar-refractivity contribution in [1.29, 1.82) is 0 Å². The van der Waals surface area contributed by atoms with Crippen molar-refractivity contribution in [2.24, 2.45) is 0 Å². The van der Waals surface area contributed by atoms with Crippen LogP contribution in [0.15, 0.2) is 30.3 Å². The van der Waals surface area contributed by atoms with Crippen molar-refractivity contribution in [3.63, 3.8) is 0 Å². The predicted molar refractivity (Wildman–Crippen MR) is 96.9 cm³/mol. The lowest BCUT2D eigenvalue weighted by Crippen LogP contribution is -2.12. The van der Waals surface area contributed by atoms with E-state index in [0.29, 0.717) is 0 Å². The summed E-state index contributed by atoms with van der Waals surface area (Å²) in [6, 6.07) is 6.08. The molecule has 1 aromatic heterocycles. The Hall–Kier alpha value is -3.10. The third-order valence-electron chi connectivity index (χ3n) is 4.07. The molecular weight excluding hydrogens is 391 g/mol. The highest BCUT2D eigenvalue weighted by Crippen LogP contribution is 2.37. The van der Waals surface area contributed by atoms with Crippen molar-refractivity contribution in [2.75, 3.05) is 13.7 Å². The maximum atomic E-state index is 13.4. The third-order valence-corrected chi connectivity index (χ3v) is 4.07. The zero-order valence-corrected chi connectivity index (χ0v) is 15.9. The lowest BCUT2D eigenvalue weighted by atomic mass is 10.00. The maximum Gasteiger partial charge on any atom is 0.416 e. The number of ether oxygens (including phenoxy) is 2. The number of ketones is 1. The number of aromatic nitrogens is 1. The largest absolute Gasteiger partial charge is 0.506 e. The van der Waals surface area contributed by atoms with Gasteiger partial charge in [0.2, 0.25) is 0 Å². The number of nitrogens with zero attached hydrogens (tertiary/aromatic N) is 1. The molecule has 0 aliphatic heterocycles. The summed E-state index contributed by atoms with van der Waals surface area (Å²) in [6.07, 6.45) is -5.30. The molecule has 1 heterocycles. The zero-order chi connectivity index (χ0) is 21.6. The van der Waals surface area contributed by atoms with Gasteiger partial charge in [0.15, 0.2) is 5.78 Å². The molecular formula is C20H20F3NO5. The lowest BCUT2D eigenvalue weighted by Gasteiger charge is -2.16. The van der Waals surface area contributed by atoms with Crippen molar-refractivity contribution in [2.45, 2.75) is 32.4 Å². The van der Waals surface area contributed by atoms with Gasteiger partial charge in [0.1, 0.15) is 17.2 Å². The first-order valence-electron chi connectivity index (χ1n) is 8.78. The van der Waals surface area contributed by atoms with Crippen molar-refractivity contribution >= 4 is 11.8 Å². The minimum atomic E-state index is -4.60. The number of methoxy groups -OCH3 is 1. The van der Waals surface area contributed by atoms with E-state index < -0.39 is 29.2 Å². The number of rotatable bonds is 8. The Kier molecular flexibility index (Phi) is 7.19. The SMILES string of the molecule is CCOC(=O)CCC(=O)c1nc(Cc2c(OC)cccc2C(F)(F)F)ccc1O. The van der Waals surface area contributed by atoms with E-state index in [2.05, 4.69) is 4.98 Å². The molecule has 0 aliphatic carbocycles. The first kappa shape index (κ1) is 22.2. The summed E-state index contributed by atoms with van der Waals surface area (Å²) in [5.41, 5.74) is -1.18. The zero-order valence-electron chi connectivity index (χ0n) is 15.9. The third kappa shape index (κ3) is 5.69. The summed E-state index contributed by atoms with van der Waals surface area (Å²) in [5, 5.41) is 9.92. The smallest absolute Gasteiger partial charge is 0.416 e. The number of aromatic hydroxyl groups is 1. The average molecular weight is 411 g/mol. The summed E-state index contributed by atoms with van der Waals surface area (Å²) < 4.78 is 49.9. The van der Waals surface area contributed by atoms with Crippen molar-refractivity contribution in [3.8, 4) is 11.5 Å². The van der Waals surface area contributed by atoms with Gasteiger partial charge in [0.25, 0.3) is 0 Å². The first-order valence-corrected chi connectivity index (χ1v) is 8.78. The van der Waals surface area contributed by atoms with Crippen molar-refractivity contribution in [3.05, 3.63) is 52.8 Å². The molecule has 9 heteroatoms. The molecule has 6 nitrogen and oxygen atoms in total. The molecule has 0 spiro atoms. The molecule has 1 N–H and O–H groups in total. The molecule has 0 radical (unpaired) electrons. The second-order valence-corrected chi connectivity index (χ2v) is 6.06. The topological polar surface area (TPSA) is 85.7 Å². The van der Waals surface area contributed by atoms with Gasteiger partial charge in [-0.15, -0.1) is 0 Å². The number of hydrogen-bond acceptors (Lipinski definition) is 6. The molecule has 2 aromatic rings. The fraction of sp³-hybridized carbons (Fsp3) is 0.350. The van der Waals surface area contributed by atoms with Crippen LogP contribution in [0.2, 0.25) is 0 Å². The summed E-state index contributed by atoms with van der Waals surface area (Å²) in [6.45, 7) is 1.80. The molecule has 156 valence electrons. The van der Waals surface area contributed by atoms with Gasteiger partial charge in [-0.05, 0) is 31.2 Å². The number of halogens is 3. The summed E-state index contributed by atoms with van der Waals surface area (Å²) in [5.74, 6) is -1.57. The molecule has 0 fully saturated rings. The van der Waals surface area contributed by atoms with Gasteiger partial charge in [-0.25, -0.2) is 4.98 Å². The van der Waals surface area contributed by atoms with Crippen LogP contribution in [0.25, 0.3) is 0 Å². The van der Waals surface area contributed by atoms with E-state index in [1.54, 1.807) is 6.92 Å². The Morgan fingerprint density at radius 3 is 2.48 bits per heavy atom. The molecule has 0 unspecified atom stereocenters. The Labute approximate surface area is 165 Å². The van der Waals surface area contributed by atoms with Gasteiger partial charge in [-0.2, -0.15) is 13.2 Å². The summed E-state index contributed by atoms with van der Waals surface area (Å²) >= 11 is 0. The predicted octanol–water partition coefficient (Wildman–Crippen LogP) is 3.93. The van der Waals surface area contributed by atoms with E-state index in [1.807, 2.05) is 0 Å². The van der Waals surface area contributed by atoms with Crippen LogP contribution in [0.4, 0.5) is 13.2 Å². The van der Waals surface area contributed by atoms with Crippen LogP contribution in [-0.4, -0.2) is 35.6 Å². The van der Waals surface area contributed by atoms with Crippen LogP contribution in [0.1, 0.15) is 47.1 Å².